The summed E-state index contributed by atoms with van der Waals surface area (Å²) in [7, 11) is 2.95. The molecule has 2 aromatic carbocycles. The molecule has 0 N–H and O–H groups in total. The SMILES string of the molecule is COc1ccc(N(C)C(=O)C(F)c2ccccc2F)c(Br)c1. The fourth-order valence-electron chi connectivity index (χ4n) is 1.99. The van der Waals surface area contributed by atoms with Crippen LogP contribution in [-0.2, 0) is 4.79 Å². The fraction of sp³-hybridized carbons (Fsp3) is 0.188. The summed E-state index contributed by atoms with van der Waals surface area (Å²) in [5.41, 5.74) is 0.189. The average molecular weight is 370 g/mol. The molecule has 0 radical (unpaired) electrons. The zero-order valence-electron chi connectivity index (χ0n) is 12.0. The Kier molecular flexibility index (Phi) is 5.13. The largest absolute Gasteiger partial charge is 0.497 e. The summed E-state index contributed by atoms with van der Waals surface area (Å²) in [6, 6.07) is 10.2. The second kappa shape index (κ2) is 6.87. The average Bonchev–Trinajstić information content (AvgIpc) is 2.53. The third kappa shape index (κ3) is 3.27. The molecule has 0 aromatic heterocycles. The van der Waals surface area contributed by atoms with Gasteiger partial charge in [0.2, 0.25) is 6.17 Å². The number of rotatable bonds is 4. The minimum Gasteiger partial charge on any atom is -0.497 e. The van der Waals surface area contributed by atoms with Gasteiger partial charge in [0.15, 0.2) is 0 Å². The van der Waals surface area contributed by atoms with Gasteiger partial charge in [-0.2, -0.15) is 0 Å². The summed E-state index contributed by atoms with van der Waals surface area (Å²) in [5, 5.41) is 0. The molecule has 0 bridgehead atoms. The lowest BCUT2D eigenvalue weighted by Gasteiger charge is -2.21. The highest BCUT2D eigenvalue weighted by atomic mass is 79.9. The number of carbonyl (C=O) groups is 1. The standard InChI is InChI=1S/C16H14BrF2NO2/c1-20(14-8-7-10(22-2)9-12(14)17)16(21)15(19)11-5-3-4-6-13(11)18/h3-9,15H,1-2H3. The number of anilines is 1. The zero-order valence-corrected chi connectivity index (χ0v) is 13.6. The molecule has 0 spiro atoms. The first kappa shape index (κ1) is 16.4. The fourth-order valence-corrected chi connectivity index (χ4v) is 2.61. The molecule has 0 aliphatic carbocycles. The molecule has 0 saturated carbocycles. The van der Waals surface area contributed by atoms with E-state index in [4.69, 9.17) is 4.74 Å². The number of hydrogen-bond donors (Lipinski definition) is 0. The molecule has 0 aliphatic heterocycles. The van der Waals surface area contributed by atoms with Crippen LogP contribution in [0.25, 0.3) is 0 Å². The number of nitrogens with zero attached hydrogens (tertiary/aromatic N) is 1. The Balaban J connectivity index is 2.27. The minimum absolute atomic E-state index is 0.274. The second-order valence-electron chi connectivity index (χ2n) is 4.60. The van der Waals surface area contributed by atoms with E-state index >= 15 is 0 Å². The van der Waals surface area contributed by atoms with Crippen LogP contribution < -0.4 is 9.64 Å². The number of methoxy groups -OCH3 is 1. The van der Waals surface area contributed by atoms with E-state index in [9.17, 15) is 13.6 Å². The predicted molar refractivity (Wildman–Crippen MR) is 84.4 cm³/mol. The first-order chi connectivity index (χ1) is 10.5. The second-order valence-corrected chi connectivity index (χ2v) is 5.45. The number of halogens is 3. The number of ether oxygens (including phenoxy) is 1. The third-order valence-electron chi connectivity index (χ3n) is 3.24. The summed E-state index contributed by atoms with van der Waals surface area (Å²) in [5.74, 6) is -0.996. The molecule has 1 unspecified atom stereocenters. The van der Waals surface area contributed by atoms with Crippen LogP contribution in [0.15, 0.2) is 46.9 Å². The van der Waals surface area contributed by atoms with E-state index in [-0.39, 0.29) is 5.56 Å². The van der Waals surface area contributed by atoms with Crippen LogP contribution in [-0.4, -0.2) is 20.1 Å². The number of carbonyl (C=O) groups excluding carboxylic acids is 1. The van der Waals surface area contributed by atoms with E-state index < -0.39 is 17.9 Å². The molecule has 22 heavy (non-hydrogen) atoms. The Morgan fingerprint density at radius 1 is 1.27 bits per heavy atom. The Morgan fingerprint density at radius 3 is 2.55 bits per heavy atom. The van der Waals surface area contributed by atoms with Crippen molar-refractivity contribution in [1.29, 1.82) is 0 Å². The highest BCUT2D eigenvalue weighted by molar-refractivity contribution is 9.10. The van der Waals surface area contributed by atoms with Gasteiger partial charge in [0.05, 0.1) is 12.8 Å². The molecule has 116 valence electrons. The van der Waals surface area contributed by atoms with E-state index in [1.54, 1.807) is 18.2 Å². The van der Waals surface area contributed by atoms with Gasteiger partial charge < -0.3 is 9.64 Å². The maximum absolute atomic E-state index is 14.3. The van der Waals surface area contributed by atoms with Crippen LogP contribution in [0.1, 0.15) is 11.7 Å². The molecule has 2 aromatic rings. The van der Waals surface area contributed by atoms with Crippen LogP contribution in [0, 0.1) is 5.82 Å². The topological polar surface area (TPSA) is 29.5 Å². The first-order valence-corrected chi connectivity index (χ1v) is 7.24. The molecule has 6 heteroatoms. The van der Waals surface area contributed by atoms with Crippen molar-refractivity contribution < 1.29 is 18.3 Å². The smallest absolute Gasteiger partial charge is 0.266 e. The van der Waals surface area contributed by atoms with Crippen molar-refractivity contribution in [2.75, 3.05) is 19.1 Å². The summed E-state index contributed by atoms with van der Waals surface area (Å²) in [4.78, 5) is 13.4. The maximum Gasteiger partial charge on any atom is 0.266 e. The summed E-state index contributed by atoms with van der Waals surface area (Å²) < 4.78 is 33.6. The van der Waals surface area contributed by atoms with Gasteiger partial charge in [-0.1, -0.05) is 18.2 Å². The lowest BCUT2D eigenvalue weighted by Crippen LogP contribution is -2.30. The van der Waals surface area contributed by atoms with Gasteiger partial charge >= 0.3 is 0 Å². The van der Waals surface area contributed by atoms with Crippen molar-refractivity contribution in [2.45, 2.75) is 6.17 Å². The number of hydrogen-bond acceptors (Lipinski definition) is 2. The van der Waals surface area contributed by atoms with Gasteiger partial charge in [-0.3, -0.25) is 4.79 Å². The van der Waals surface area contributed by atoms with Crippen molar-refractivity contribution in [3.05, 3.63) is 58.3 Å². The number of amides is 1. The molecule has 2 rings (SSSR count). The Bertz CT molecular complexity index is 694. The molecule has 3 nitrogen and oxygen atoms in total. The molecule has 0 aliphatic rings. The predicted octanol–water partition coefficient (Wildman–Crippen LogP) is 4.27. The molecule has 1 amide bonds. The summed E-state index contributed by atoms with van der Waals surface area (Å²) >= 11 is 3.31. The van der Waals surface area contributed by atoms with Gasteiger partial charge in [-0.05, 0) is 40.2 Å². The van der Waals surface area contributed by atoms with E-state index in [0.717, 1.165) is 11.0 Å². The van der Waals surface area contributed by atoms with Crippen molar-refractivity contribution in [3.63, 3.8) is 0 Å². The van der Waals surface area contributed by atoms with Crippen molar-refractivity contribution in [3.8, 4) is 5.75 Å². The first-order valence-electron chi connectivity index (χ1n) is 6.45. The number of likely N-dealkylation sites (N-methyl/N-ethyl adjacent to an activating group) is 1. The molecule has 1 atom stereocenters. The lowest BCUT2D eigenvalue weighted by atomic mass is 10.1. The van der Waals surface area contributed by atoms with E-state index in [0.29, 0.717) is 15.9 Å². The molecular formula is C16H14BrF2NO2. The summed E-state index contributed by atoms with van der Waals surface area (Å²) in [6.45, 7) is 0. The van der Waals surface area contributed by atoms with E-state index in [1.165, 1.54) is 32.4 Å². The van der Waals surface area contributed by atoms with Crippen molar-refractivity contribution in [1.82, 2.24) is 0 Å². The monoisotopic (exact) mass is 369 g/mol. The van der Waals surface area contributed by atoms with Crippen molar-refractivity contribution in [2.24, 2.45) is 0 Å². The van der Waals surface area contributed by atoms with Gasteiger partial charge in [0, 0.05) is 17.1 Å². The van der Waals surface area contributed by atoms with Gasteiger partial charge in [0.1, 0.15) is 11.6 Å². The number of benzene rings is 2. The zero-order chi connectivity index (χ0) is 16.3. The molecule has 0 saturated heterocycles. The Morgan fingerprint density at radius 2 is 1.95 bits per heavy atom. The van der Waals surface area contributed by atoms with Crippen LogP contribution in [0.3, 0.4) is 0 Å². The van der Waals surface area contributed by atoms with Crippen LogP contribution in [0.4, 0.5) is 14.5 Å². The minimum atomic E-state index is -2.07. The van der Waals surface area contributed by atoms with Gasteiger partial charge in [-0.25, -0.2) is 8.78 Å². The van der Waals surface area contributed by atoms with Crippen LogP contribution >= 0.6 is 15.9 Å². The van der Waals surface area contributed by atoms with Gasteiger partial charge in [-0.15, -0.1) is 0 Å². The Labute approximate surface area is 135 Å². The van der Waals surface area contributed by atoms with E-state index in [1.807, 2.05) is 0 Å². The molecule has 0 fully saturated rings. The van der Waals surface area contributed by atoms with Crippen LogP contribution in [0.2, 0.25) is 0 Å². The normalized spacial score (nSPS) is 11.9. The van der Waals surface area contributed by atoms with Crippen LogP contribution in [0.5, 0.6) is 5.75 Å². The maximum atomic E-state index is 14.3. The lowest BCUT2D eigenvalue weighted by molar-refractivity contribution is -0.123. The van der Waals surface area contributed by atoms with E-state index in [2.05, 4.69) is 15.9 Å². The Hall–Kier alpha value is -1.95. The molecule has 0 heterocycles. The highest BCUT2D eigenvalue weighted by Gasteiger charge is 2.27. The molecular weight excluding hydrogens is 356 g/mol. The summed E-state index contributed by atoms with van der Waals surface area (Å²) in [6.07, 6.45) is -2.07. The highest BCUT2D eigenvalue weighted by Crippen LogP contribution is 2.32. The number of alkyl halides is 1. The van der Waals surface area contributed by atoms with Gasteiger partial charge in [0.25, 0.3) is 5.91 Å². The van der Waals surface area contributed by atoms with Crippen molar-refractivity contribution >= 4 is 27.5 Å². The quantitative estimate of drug-likeness (QED) is 0.805. The third-order valence-corrected chi connectivity index (χ3v) is 3.88.